The average Bonchev–Trinajstić information content (AvgIpc) is 2.56. The van der Waals surface area contributed by atoms with Crippen molar-refractivity contribution < 1.29 is 4.74 Å². The predicted octanol–water partition coefficient (Wildman–Crippen LogP) is 4.60. The molecule has 0 saturated carbocycles. The SMILES string of the molecule is COc1ccc2ccccc2c1/C=N\Nc1ccc(C)cc1. The van der Waals surface area contributed by atoms with Gasteiger partial charge in [0.2, 0.25) is 0 Å². The molecule has 1 N–H and O–H groups in total. The highest BCUT2D eigenvalue weighted by atomic mass is 16.5. The van der Waals surface area contributed by atoms with Gasteiger partial charge >= 0.3 is 0 Å². The van der Waals surface area contributed by atoms with Crippen molar-refractivity contribution in [3.63, 3.8) is 0 Å². The number of hydrazone groups is 1. The van der Waals surface area contributed by atoms with E-state index in [1.807, 2.05) is 30.3 Å². The smallest absolute Gasteiger partial charge is 0.128 e. The second-order valence-electron chi connectivity index (χ2n) is 5.14. The lowest BCUT2D eigenvalue weighted by molar-refractivity contribution is 0.415. The Hall–Kier alpha value is -2.81. The number of fused-ring (bicyclic) bond motifs is 1. The van der Waals surface area contributed by atoms with Crippen LogP contribution in [0.3, 0.4) is 0 Å². The monoisotopic (exact) mass is 290 g/mol. The lowest BCUT2D eigenvalue weighted by atomic mass is 10.0. The van der Waals surface area contributed by atoms with E-state index in [1.165, 1.54) is 10.9 Å². The zero-order valence-electron chi connectivity index (χ0n) is 12.7. The van der Waals surface area contributed by atoms with E-state index in [-0.39, 0.29) is 0 Å². The van der Waals surface area contributed by atoms with E-state index in [9.17, 15) is 0 Å². The maximum Gasteiger partial charge on any atom is 0.128 e. The number of nitrogens with zero attached hydrogens (tertiary/aromatic N) is 1. The van der Waals surface area contributed by atoms with Crippen LogP contribution in [-0.2, 0) is 0 Å². The topological polar surface area (TPSA) is 33.6 Å². The molecule has 0 amide bonds. The lowest BCUT2D eigenvalue weighted by Gasteiger charge is -2.08. The first-order valence-corrected chi connectivity index (χ1v) is 7.19. The van der Waals surface area contributed by atoms with Gasteiger partial charge in [0.1, 0.15) is 5.75 Å². The number of anilines is 1. The highest BCUT2D eigenvalue weighted by Gasteiger charge is 2.05. The molecule has 0 unspecified atom stereocenters. The Kier molecular flexibility index (Phi) is 4.05. The van der Waals surface area contributed by atoms with Crippen LogP contribution < -0.4 is 10.2 Å². The van der Waals surface area contributed by atoms with Crippen molar-refractivity contribution in [2.45, 2.75) is 6.92 Å². The van der Waals surface area contributed by atoms with Crippen LogP contribution >= 0.6 is 0 Å². The third-order valence-electron chi connectivity index (χ3n) is 3.59. The summed E-state index contributed by atoms with van der Waals surface area (Å²) in [5.74, 6) is 0.813. The summed E-state index contributed by atoms with van der Waals surface area (Å²) < 4.78 is 5.45. The number of benzene rings is 3. The largest absolute Gasteiger partial charge is 0.496 e. The normalized spacial score (nSPS) is 11.0. The van der Waals surface area contributed by atoms with Gasteiger partial charge in [-0.25, -0.2) is 0 Å². The molecule has 3 nitrogen and oxygen atoms in total. The van der Waals surface area contributed by atoms with E-state index in [1.54, 1.807) is 13.3 Å². The van der Waals surface area contributed by atoms with Crippen LogP contribution in [0.25, 0.3) is 10.8 Å². The summed E-state index contributed by atoms with van der Waals surface area (Å²) in [6.45, 7) is 2.06. The molecule has 22 heavy (non-hydrogen) atoms. The fourth-order valence-electron chi connectivity index (χ4n) is 2.39. The molecule has 110 valence electrons. The van der Waals surface area contributed by atoms with Crippen molar-refractivity contribution in [3.8, 4) is 5.75 Å². The van der Waals surface area contributed by atoms with E-state index < -0.39 is 0 Å². The number of rotatable bonds is 4. The number of ether oxygens (including phenoxy) is 1. The third-order valence-corrected chi connectivity index (χ3v) is 3.59. The molecule has 3 aromatic rings. The van der Waals surface area contributed by atoms with Crippen molar-refractivity contribution in [3.05, 3.63) is 71.8 Å². The fourth-order valence-corrected chi connectivity index (χ4v) is 2.39. The van der Waals surface area contributed by atoms with Gasteiger partial charge in [0.05, 0.1) is 19.0 Å². The predicted molar refractivity (Wildman–Crippen MR) is 92.9 cm³/mol. The lowest BCUT2D eigenvalue weighted by Crippen LogP contribution is -1.95. The molecule has 0 bridgehead atoms. The highest BCUT2D eigenvalue weighted by Crippen LogP contribution is 2.26. The van der Waals surface area contributed by atoms with Crippen molar-refractivity contribution in [1.29, 1.82) is 0 Å². The molecule has 0 aliphatic heterocycles. The number of aryl methyl sites for hydroxylation is 1. The molecule has 0 radical (unpaired) electrons. The number of hydrogen-bond acceptors (Lipinski definition) is 3. The minimum Gasteiger partial charge on any atom is -0.496 e. The van der Waals surface area contributed by atoms with Crippen LogP contribution in [0.1, 0.15) is 11.1 Å². The van der Waals surface area contributed by atoms with Gasteiger partial charge in [-0.1, -0.05) is 48.0 Å². The number of hydrogen-bond donors (Lipinski definition) is 1. The van der Waals surface area contributed by atoms with E-state index in [0.717, 1.165) is 22.4 Å². The van der Waals surface area contributed by atoms with E-state index >= 15 is 0 Å². The van der Waals surface area contributed by atoms with Crippen LogP contribution in [0.2, 0.25) is 0 Å². The van der Waals surface area contributed by atoms with Gasteiger partial charge in [0.15, 0.2) is 0 Å². The minimum atomic E-state index is 0.813. The van der Waals surface area contributed by atoms with Gasteiger partial charge < -0.3 is 4.74 Å². The standard InChI is InChI=1S/C19H18N2O/c1-14-7-10-16(11-8-14)21-20-13-18-17-6-4-3-5-15(17)9-12-19(18)22-2/h3-13,21H,1-2H3/b20-13-. The summed E-state index contributed by atoms with van der Waals surface area (Å²) in [5.41, 5.74) is 6.21. The summed E-state index contributed by atoms with van der Waals surface area (Å²) in [4.78, 5) is 0. The fraction of sp³-hybridized carbons (Fsp3) is 0.105. The van der Waals surface area contributed by atoms with Crippen molar-refractivity contribution >= 4 is 22.7 Å². The van der Waals surface area contributed by atoms with Crippen molar-refractivity contribution in [1.82, 2.24) is 0 Å². The second-order valence-corrected chi connectivity index (χ2v) is 5.14. The molecule has 0 heterocycles. The van der Waals surface area contributed by atoms with Crippen LogP contribution in [0, 0.1) is 6.92 Å². The molecule has 0 aliphatic carbocycles. The molecule has 3 rings (SSSR count). The Morgan fingerprint density at radius 2 is 1.73 bits per heavy atom. The zero-order valence-corrected chi connectivity index (χ0v) is 12.7. The Labute approximate surface area is 130 Å². The maximum atomic E-state index is 5.45. The molecular formula is C19H18N2O. The van der Waals surface area contributed by atoms with Crippen molar-refractivity contribution in [2.24, 2.45) is 5.10 Å². The van der Waals surface area contributed by atoms with Crippen LogP contribution in [0.15, 0.2) is 65.8 Å². The maximum absolute atomic E-state index is 5.45. The van der Waals surface area contributed by atoms with Crippen LogP contribution in [-0.4, -0.2) is 13.3 Å². The van der Waals surface area contributed by atoms with Crippen molar-refractivity contribution in [2.75, 3.05) is 12.5 Å². The average molecular weight is 290 g/mol. The zero-order chi connectivity index (χ0) is 15.4. The Morgan fingerprint density at radius 1 is 0.955 bits per heavy atom. The van der Waals surface area contributed by atoms with Gasteiger partial charge in [-0.05, 0) is 35.9 Å². The summed E-state index contributed by atoms with van der Waals surface area (Å²) in [7, 11) is 1.68. The van der Waals surface area contributed by atoms with E-state index in [2.05, 4.69) is 47.8 Å². The van der Waals surface area contributed by atoms with Gasteiger partial charge in [0, 0.05) is 5.56 Å². The molecule has 0 atom stereocenters. The molecule has 3 heteroatoms. The van der Waals surface area contributed by atoms with Crippen LogP contribution in [0.4, 0.5) is 5.69 Å². The minimum absolute atomic E-state index is 0.813. The molecule has 3 aromatic carbocycles. The molecule has 0 saturated heterocycles. The summed E-state index contributed by atoms with van der Waals surface area (Å²) in [5, 5.41) is 6.63. The van der Waals surface area contributed by atoms with Gasteiger partial charge in [-0.2, -0.15) is 5.10 Å². The quantitative estimate of drug-likeness (QED) is 0.562. The Balaban J connectivity index is 1.91. The Morgan fingerprint density at radius 3 is 2.50 bits per heavy atom. The molecule has 0 fully saturated rings. The van der Waals surface area contributed by atoms with Gasteiger partial charge in [-0.15, -0.1) is 0 Å². The summed E-state index contributed by atoms with van der Waals surface area (Å²) >= 11 is 0. The summed E-state index contributed by atoms with van der Waals surface area (Å²) in [6, 6.07) is 20.3. The molecule has 0 aliphatic rings. The first-order chi connectivity index (χ1) is 10.8. The van der Waals surface area contributed by atoms with Crippen LogP contribution in [0.5, 0.6) is 5.75 Å². The molecule has 0 spiro atoms. The second kappa shape index (κ2) is 6.31. The number of nitrogens with one attached hydrogen (secondary N) is 1. The van der Waals surface area contributed by atoms with E-state index in [4.69, 9.17) is 4.74 Å². The van der Waals surface area contributed by atoms with E-state index in [0.29, 0.717) is 0 Å². The Bertz CT molecular complexity index is 807. The third kappa shape index (κ3) is 2.93. The first-order valence-electron chi connectivity index (χ1n) is 7.19. The van der Waals surface area contributed by atoms with Gasteiger partial charge in [0.25, 0.3) is 0 Å². The number of methoxy groups -OCH3 is 1. The molecular weight excluding hydrogens is 272 g/mol. The highest BCUT2D eigenvalue weighted by molar-refractivity contribution is 6.02. The molecule has 0 aromatic heterocycles. The first kappa shape index (κ1) is 14.1. The summed E-state index contributed by atoms with van der Waals surface area (Å²) in [6.07, 6.45) is 1.81. The van der Waals surface area contributed by atoms with Gasteiger partial charge in [-0.3, -0.25) is 5.43 Å².